The first-order valence-electron chi connectivity index (χ1n) is 11.3. The Labute approximate surface area is 195 Å². The summed E-state index contributed by atoms with van der Waals surface area (Å²) in [5, 5.41) is 2.97. The van der Waals surface area contributed by atoms with Crippen molar-refractivity contribution in [3.63, 3.8) is 0 Å². The van der Waals surface area contributed by atoms with E-state index < -0.39 is 11.6 Å². The minimum absolute atomic E-state index is 0.0612. The van der Waals surface area contributed by atoms with Crippen molar-refractivity contribution in [1.29, 1.82) is 0 Å². The van der Waals surface area contributed by atoms with Crippen LogP contribution < -0.4 is 10.1 Å². The molecule has 1 amide bonds. The molecule has 0 radical (unpaired) electrons. The standard InChI is InChI=1S/C28H31NO4/c1-4-28(27(31)29-21(2)3,23-15-9-6-10-16-23)33-25-18-12-11-17-24(25)26(30)32-20-19-22-13-7-5-8-14-22/h5-18,21H,4,19-20H2,1-3H3,(H,29,31). The van der Waals surface area contributed by atoms with E-state index in [9.17, 15) is 9.59 Å². The lowest BCUT2D eigenvalue weighted by Gasteiger charge is -2.34. The smallest absolute Gasteiger partial charge is 0.341 e. The van der Waals surface area contributed by atoms with Crippen LogP contribution in [0.25, 0.3) is 0 Å². The van der Waals surface area contributed by atoms with Gasteiger partial charge in [0.2, 0.25) is 5.60 Å². The number of hydrogen-bond donors (Lipinski definition) is 1. The average molecular weight is 446 g/mol. The SMILES string of the molecule is CCC(Oc1ccccc1C(=O)OCCc1ccccc1)(C(=O)NC(C)C)c1ccccc1. The number of para-hydroxylation sites is 1. The maximum Gasteiger partial charge on any atom is 0.341 e. The number of hydrogen-bond acceptors (Lipinski definition) is 4. The molecule has 0 saturated heterocycles. The highest BCUT2D eigenvalue weighted by atomic mass is 16.5. The molecule has 0 aromatic heterocycles. The van der Waals surface area contributed by atoms with Gasteiger partial charge in [-0.1, -0.05) is 79.7 Å². The maximum absolute atomic E-state index is 13.4. The van der Waals surface area contributed by atoms with E-state index in [0.29, 0.717) is 18.6 Å². The molecule has 3 rings (SSSR count). The van der Waals surface area contributed by atoms with Gasteiger partial charge in [0, 0.05) is 18.0 Å². The van der Waals surface area contributed by atoms with Gasteiger partial charge in [-0.05, 0) is 38.0 Å². The summed E-state index contributed by atoms with van der Waals surface area (Å²) in [6.45, 7) is 5.96. The van der Waals surface area contributed by atoms with Crippen molar-refractivity contribution in [2.24, 2.45) is 0 Å². The largest absolute Gasteiger partial charge is 0.472 e. The molecule has 0 aliphatic carbocycles. The van der Waals surface area contributed by atoms with Crippen LogP contribution in [-0.2, 0) is 21.6 Å². The Kier molecular flexibility index (Phi) is 8.25. The Hall–Kier alpha value is -3.60. The number of nitrogens with one attached hydrogen (secondary N) is 1. The fourth-order valence-corrected chi connectivity index (χ4v) is 3.66. The van der Waals surface area contributed by atoms with Gasteiger partial charge in [-0.3, -0.25) is 4.79 Å². The number of esters is 1. The van der Waals surface area contributed by atoms with E-state index >= 15 is 0 Å². The molecular formula is C28H31NO4. The molecular weight excluding hydrogens is 414 g/mol. The first-order valence-corrected chi connectivity index (χ1v) is 11.3. The molecule has 0 heterocycles. The first-order chi connectivity index (χ1) is 16.0. The lowest BCUT2D eigenvalue weighted by Crippen LogP contribution is -2.50. The first kappa shape index (κ1) is 24.1. The molecule has 3 aromatic rings. The third-order valence-electron chi connectivity index (χ3n) is 5.38. The van der Waals surface area contributed by atoms with Gasteiger partial charge in [0.25, 0.3) is 5.91 Å². The van der Waals surface area contributed by atoms with E-state index in [-0.39, 0.29) is 24.1 Å². The second-order valence-corrected chi connectivity index (χ2v) is 8.14. The van der Waals surface area contributed by atoms with Gasteiger partial charge in [0.05, 0.1) is 6.61 Å². The zero-order chi connectivity index (χ0) is 23.7. The molecule has 0 saturated carbocycles. The van der Waals surface area contributed by atoms with E-state index in [0.717, 1.165) is 11.1 Å². The molecule has 0 aliphatic rings. The zero-order valence-electron chi connectivity index (χ0n) is 19.4. The number of rotatable bonds is 10. The van der Waals surface area contributed by atoms with Crippen LogP contribution in [0, 0.1) is 0 Å². The van der Waals surface area contributed by atoms with Gasteiger partial charge in [-0.25, -0.2) is 4.79 Å². The van der Waals surface area contributed by atoms with Crippen molar-refractivity contribution < 1.29 is 19.1 Å². The Balaban J connectivity index is 1.86. The van der Waals surface area contributed by atoms with Crippen LogP contribution in [0.1, 0.15) is 48.7 Å². The van der Waals surface area contributed by atoms with E-state index in [1.807, 2.05) is 81.4 Å². The molecule has 1 N–H and O–H groups in total. The summed E-state index contributed by atoms with van der Waals surface area (Å²) in [6.07, 6.45) is 1.00. The predicted molar refractivity (Wildman–Crippen MR) is 129 cm³/mol. The summed E-state index contributed by atoms with van der Waals surface area (Å²) in [5.74, 6) is -0.422. The molecule has 5 heteroatoms. The Morgan fingerprint density at radius 1 is 0.879 bits per heavy atom. The molecule has 33 heavy (non-hydrogen) atoms. The van der Waals surface area contributed by atoms with Crippen molar-refractivity contribution in [2.45, 2.75) is 45.3 Å². The van der Waals surface area contributed by atoms with E-state index in [1.165, 1.54) is 0 Å². The van der Waals surface area contributed by atoms with Gasteiger partial charge in [-0.15, -0.1) is 0 Å². The summed E-state index contributed by atoms with van der Waals surface area (Å²) in [5.41, 5.74) is 0.815. The van der Waals surface area contributed by atoms with E-state index in [4.69, 9.17) is 9.47 Å². The summed E-state index contributed by atoms with van der Waals surface area (Å²) in [7, 11) is 0. The second-order valence-electron chi connectivity index (χ2n) is 8.14. The zero-order valence-corrected chi connectivity index (χ0v) is 19.4. The lowest BCUT2D eigenvalue weighted by molar-refractivity contribution is -0.138. The van der Waals surface area contributed by atoms with Crippen LogP contribution in [-0.4, -0.2) is 24.5 Å². The Bertz CT molecular complexity index is 1050. The molecule has 0 aliphatic heterocycles. The molecule has 1 atom stereocenters. The quantitative estimate of drug-likeness (QED) is 0.431. The van der Waals surface area contributed by atoms with Crippen LogP contribution in [0.15, 0.2) is 84.9 Å². The third kappa shape index (κ3) is 6.01. The normalized spacial score (nSPS) is 12.6. The van der Waals surface area contributed by atoms with Crippen molar-refractivity contribution in [1.82, 2.24) is 5.32 Å². The van der Waals surface area contributed by atoms with Crippen molar-refractivity contribution in [2.75, 3.05) is 6.61 Å². The monoisotopic (exact) mass is 445 g/mol. The molecule has 3 aromatic carbocycles. The fraction of sp³-hybridized carbons (Fsp3) is 0.286. The van der Waals surface area contributed by atoms with Crippen LogP contribution in [0.4, 0.5) is 0 Å². The van der Waals surface area contributed by atoms with Crippen molar-refractivity contribution in [3.05, 3.63) is 102 Å². The van der Waals surface area contributed by atoms with E-state index in [2.05, 4.69) is 5.32 Å². The number of amides is 1. The van der Waals surface area contributed by atoms with E-state index in [1.54, 1.807) is 24.3 Å². The Morgan fingerprint density at radius 2 is 1.48 bits per heavy atom. The summed E-state index contributed by atoms with van der Waals surface area (Å²) >= 11 is 0. The molecule has 172 valence electrons. The topological polar surface area (TPSA) is 64.6 Å². The second kappa shape index (κ2) is 11.3. The summed E-state index contributed by atoms with van der Waals surface area (Å²) in [6, 6.07) is 26.0. The average Bonchev–Trinajstić information content (AvgIpc) is 2.83. The molecule has 1 unspecified atom stereocenters. The number of ether oxygens (including phenoxy) is 2. The molecule has 0 spiro atoms. The molecule has 5 nitrogen and oxygen atoms in total. The highest BCUT2D eigenvalue weighted by molar-refractivity contribution is 5.93. The minimum Gasteiger partial charge on any atom is -0.472 e. The summed E-state index contributed by atoms with van der Waals surface area (Å²) < 4.78 is 11.9. The van der Waals surface area contributed by atoms with Crippen molar-refractivity contribution in [3.8, 4) is 5.75 Å². The number of carbonyl (C=O) groups is 2. The van der Waals surface area contributed by atoms with Crippen LogP contribution in [0.2, 0.25) is 0 Å². The van der Waals surface area contributed by atoms with Crippen LogP contribution in [0.5, 0.6) is 5.75 Å². The van der Waals surface area contributed by atoms with Gasteiger partial charge in [0.15, 0.2) is 0 Å². The molecule has 0 fully saturated rings. The van der Waals surface area contributed by atoms with Gasteiger partial charge < -0.3 is 14.8 Å². The number of benzene rings is 3. The maximum atomic E-state index is 13.4. The predicted octanol–water partition coefficient (Wildman–Crippen LogP) is 5.30. The van der Waals surface area contributed by atoms with Crippen LogP contribution in [0.3, 0.4) is 0 Å². The summed E-state index contributed by atoms with van der Waals surface area (Å²) in [4.78, 5) is 26.3. The van der Waals surface area contributed by atoms with Crippen molar-refractivity contribution >= 4 is 11.9 Å². The molecule has 0 bridgehead atoms. The number of carbonyl (C=O) groups excluding carboxylic acids is 2. The van der Waals surface area contributed by atoms with Gasteiger partial charge in [0.1, 0.15) is 11.3 Å². The lowest BCUT2D eigenvalue weighted by atomic mass is 9.89. The Morgan fingerprint density at radius 3 is 2.12 bits per heavy atom. The highest BCUT2D eigenvalue weighted by Crippen LogP contribution is 2.34. The van der Waals surface area contributed by atoms with Crippen LogP contribution >= 0.6 is 0 Å². The highest BCUT2D eigenvalue weighted by Gasteiger charge is 2.42. The third-order valence-corrected chi connectivity index (χ3v) is 5.38. The van der Waals surface area contributed by atoms with Gasteiger partial charge >= 0.3 is 5.97 Å². The fourth-order valence-electron chi connectivity index (χ4n) is 3.66. The minimum atomic E-state index is -1.29. The van der Waals surface area contributed by atoms with Gasteiger partial charge in [-0.2, -0.15) is 0 Å².